The summed E-state index contributed by atoms with van der Waals surface area (Å²) in [5, 5.41) is 74.8. The number of para-hydroxylation sites is 3. The summed E-state index contributed by atoms with van der Waals surface area (Å²) < 4.78 is 0. The first-order valence-corrected chi connectivity index (χ1v) is 47.0. The first kappa shape index (κ1) is 104. The van der Waals surface area contributed by atoms with Crippen molar-refractivity contribution in [3.05, 3.63) is 174 Å². The van der Waals surface area contributed by atoms with Gasteiger partial charge in [-0.2, -0.15) is 0 Å². The molecule has 0 bridgehead atoms. The van der Waals surface area contributed by atoms with E-state index in [-0.39, 0.29) is 42.0 Å². The van der Waals surface area contributed by atoms with Gasteiger partial charge in [0.25, 0.3) is 0 Å². The van der Waals surface area contributed by atoms with Crippen LogP contribution in [-0.4, -0.2) is 252 Å². The third-order valence-electron chi connectivity index (χ3n) is 22.6. The number of carboxylic acid groups (broad SMARTS) is 3. The molecule has 0 aliphatic carbocycles. The van der Waals surface area contributed by atoms with Gasteiger partial charge in [0.2, 0.25) is 88.6 Å². The van der Waals surface area contributed by atoms with Gasteiger partial charge in [-0.15, -0.1) is 0 Å². The van der Waals surface area contributed by atoms with Crippen LogP contribution in [0, 0.1) is 0 Å². The molecule has 5 aromatic heterocycles. The average molecular weight is 1930 g/mol. The highest BCUT2D eigenvalue weighted by Crippen LogP contribution is 2.27. The van der Waals surface area contributed by atoms with Gasteiger partial charge in [-0.25, -0.2) is 9.97 Å². The van der Waals surface area contributed by atoms with Gasteiger partial charge in [0, 0.05) is 127 Å². The number of amides is 15. The van der Waals surface area contributed by atoms with Gasteiger partial charge < -0.3 is 126 Å². The minimum atomic E-state index is -2.34. The number of primary amides is 2. The Kier molecular flexibility index (Phi) is 39.4. The van der Waals surface area contributed by atoms with E-state index in [4.69, 9.17) is 11.5 Å². The number of fused-ring (bicyclic) bond motifs is 3. The molecule has 1 saturated heterocycles. The number of phenolic OH excluding ortho intramolecular Hbond substituents is 1. The summed E-state index contributed by atoms with van der Waals surface area (Å²) >= 11 is 0. The van der Waals surface area contributed by atoms with Gasteiger partial charge in [-0.3, -0.25) is 86.3 Å². The lowest BCUT2D eigenvalue weighted by molar-refractivity contribution is -0.144. The molecule has 730 valence electrons. The summed E-state index contributed by atoms with van der Waals surface area (Å²) in [7, 11) is 1.32. The van der Waals surface area contributed by atoms with Crippen molar-refractivity contribution in [1.82, 2.24) is 104 Å². The van der Waals surface area contributed by atoms with Crippen molar-refractivity contribution in [2.75, 3.05) is 18.1 Å². The monoisotopic (exact) mass is 1930 g/mol. The number of carbonyl (C=O) groups is 18. The summed E-state index contributed by atoms with van der Waals surface area (Å²) in [6, 6.07) is 3.25. The standard InChI is InChI=1S/C91H112N22O22S2/c1-2-3-4-5-6-7-8-9-10-23-75(116)99-44-76(117)102-72-45-136-137-46-73(91(135)112-71(38-79(122)123)89(133)111-70(37-78(120)121)88(132)104-63(80(93)124)36-77(118)119)113-82(126)64(30-49-24-26-55(114)27-25-49)105-83(127)65(31-50-39-96-59-20-14-11-17-56(50)59)107-87(131)69(35-54-43-95-48-101-54)110-85(129)67(33-52-41-98-61-22-16-13-19-58(52)61)106-84(128)66(32-51-40-97-60-21-15-12-18-57(51)60)108-86(130)68(34-53-42-94-47-100-53)109-81(125)62(103-90(72)134)28-29-74(92)115/h11-22,24-27,39-43,47-48,62-73,96-98,114H,2-10,23,28-38,44-46H2,1H3,(H2,92,115)(H2,93,124)(H,94,100)(H,95,101)(H,99,116)(H,102,117)(H,103,134)(H,104,132)(H,105,127)(H,106,128)(H,107,131)(H,108,130)(H,109,125)(H,110,129)(H,111,133)(H,112,135)(H,113,126)(H,118,119)(H,120,121)(H,122,123)/t62-,63-,64-,65-,66+,67-,68-,69-,70-,71-,72-,73-/m0/s1. The van der Waals surface area contributed by atoms with Crippen LogP contribution < -0.4 is 80.6 Å². The van der Waals surface area contributed by atoms with Crippen LogP contribution in [0.4, 0.5) is 0 Å². The van der Waals surface area contributed by atoms with Crippen LogP contribution in [-0.2, 0) is 125 Å². The van der Waals surface area contributed by atoms with Crippen molar-refractivity contribution in [2.45, 2.75) is 214 Å². The predicted molar refractivity (Wildman–Crippen MR) is 500 cm³/mol. The average Bonchev–Trinajstić information content (AvgIpc) is 1.63. The molecule has 0 saturated carbocycles. The minimum absolute atomic E-state index is 0.0198. The molecular weight excluding hydrogens is 1820 g/mol. The van der Waals surface area contributed by atoms with Crippen LogP contribution in [0.3, 0.4) is 0 Å². The van der Waals surface area contributed by atoms with E-state index in [0.717, 1.165) is 44.9 Å². The number of hydrogen-bond acceptors (Lipinski definition) is 23. The van der Waals surface area contributed by atoms with Crippen LogP contribution in [0.15, 0.2) is 141 Å². The molecule has 137 heavy (non-hydrogen) atoms. The lowest BCUT2D eigenvalue weighted by Gasteiger charge is -2.28. The molecule has 1 fully saturated rings. The number of rotatable bonds is 41. The number of unbranched alkanes of at least 4 members (excludes halogenated alkanes) is 8. The molecule has 0 radical (unpaired) electrons. The van der Waals surface area contributed by atoms with Gasteiger partial charge in [-0.05, 0) is 65.4 Å². The fourth-order valence-electron chi connectivity index (χ4n) is 15.3. The zero-order valence-corrected chi connectivity index (χ0v) is 76.3. The fourth-order valence-corrected chi connectivity index (χ4v) is 17.7. The van der Waals surface area contributed by atoms with Crippen molar-refractivity contribution >= 4 is 161 Å². The molecule has 10 rings (SSSR count). The summed E-state index contributed by atoms with van der Waals surface area (Å²) in [6.07, 6.45) is 11.1. The normalized spacial score (nSPS) is 19.4. The van der Waals surface area contributed by atoms with Crippen molar-refractivity contribution in [1.29, 1.82) is 0 Å². The maximum Gasteiger partial charge on any atom is 0.305 e. The van der Waals surface area contributed by atoms with E-state index >= 15 is 43.2 Å². The van der Waals surface area contributed by atoms with Crippen molar-refractivity contribution in [3.8, 4) is 5.75 Å². The van der Waals surface area contributed by atoms with E-state index in [0.29, 0.717) is 83.8 Å². The lowest BCUT2D eigenvalue weighted by Crippen LogP contribution is -2.62. The molecule has 44 nitrogen and oxygen atoms in total. The van der Waals surface area contributed by atoms with Gasteiger partial charge in [0.1, 0.15) is 78.3 Å². The van der Waals surface area contributed by atoms with E-state index in [1.54, 1.807) is 91.4 Å². The Balaban J connectivity index is 1.08. The number of phenols is 1. The molecule has 6 heterocycles. The van der Waals surface area contributed by atoms with Crippen molar-refractivity contribution in [3.63, 3.8) is 0 Å². The van der Waals surface area contributed by atoms with Crippen LogP contribution in [0.25, 0.3) is 32.7 Å². The summed E-state index contributed by atoms with van der Waals surface area (Å²) in [6.45, 7) is 1.39. The van der Waals surface area contributed by atoms with Crippen LogP contribution >= 0.6 is 21.6 Å². The summed E-state index contributed by atoms with van der Waals surface area (Å²) in [5.41, 5.74) is 14.7. The highest BCUT2D eigenvalue weighted by Gasteiger charge is 2.40. The molecule has 4 aromatic carbocycles. The molecule has 1 aliphatic rings. The maximum absolute atomic E-state index is 15.9. The van der Waals surface area contributed by atoms with E-state index in [9.17, 15) is 63.6 Å². The Bertz CT molecular complexity index is 5750. The zero-order chi connectivity index (χ0) is 98.6. The molecule has 0 unspecified atom stereocenters. The first-order chi connectivity index (χ1) is 65.7. The smallest absolute Gasteiger partial charge is 0.305 e. The predicted octanol–water partition coefficient (Wildman–Crippen LogP) is 0.463. The first-order valence-electron chi connectivity index (χ1n) is 44.5. The Morgan fingerprint density at radius 2 is 0.810 bits per heavy atom. The third kappa shape index (κ3) is 32.6. The number of benzene rings is 4. The number of nitrogens with one attached hydrogen (secondary N) is 18. The topological polar surface area (TPSA) is 701 Å². The number of aliphatic carboxylic acids is 3. The lowest BCUT2D eigenvalue weighted by atomic mass is 10.00. The number of carbonyl (C=O) groups excluding carboxylic acids is 15. The molecule has 46 heteroatoms. The fraction of sp³-hybridized carbons (Fsp3) is 0.407. The number of imidazole rings is 2. The van der Waals surface area contributed by atoms with Crippen LogP contribution in [0.1, 0.15) is 137 Å². The zero-order valence-electron chi connectivity index (χ0n) is 74.7. The Morgan fingerprint density at radius 1 is 0.423 bits per heavy atom. The second-order valence-electron chi connectivity index (χ2n) is 33.0. The van der Waals surface area contributed by atoms with E-state index in [1.165, 1.54) is 49.3 Å². The molecule has 0 spiro atoms. The molecule has 9 aromatic rings. The Hall–Kier alpha value is -15.1. The van der Waals surface area contributed by atoms with Gasteiger partial charge >= 0.3 is 17.9 Å². The maximum atomic E-state index is 15.9. The SMILES string of the molecule is CCCCCCCCCCCC(=O)NCC(=O)N[C@H]1CSSC[C@@H](C(=O)N[C@@H](CC(=O)O)C(=O)N[C@@H](CC(=O)O)C(=O)N[C@@H](CC(=O)O)C(N)=O)NC(=O)[C@H](Cc2ccc(O)cc2)NC(=O)[C@H](Cc2c[nH]c3ccccc23)NC(=O)[C@H](Cc2c[nH]cn2)NC(=O)[C@H](Cc2c[nH]c3ccccc23)NC(=O)[C@@H](Cc2c[nH]c3ccccc23)NC(=O)[C@H](Cc2c[nH]cn2)NC(=O)[C@H](CCC(N)=O)NC1=O. The van der Waals surface area contributed by atoms with Gasteiger partial charge in [0.05, 0.1) is 49.8 Å². The number of aromatic hydroxyl groups is 1. The molecule has 1 aliphatic heterocycles. The number of aromatic nitrogens is 7. The Morgan fingerprint density at radius 3 is 1.24 bits per heavy atom. The van der Waals surface area contributed by atoms with E-state index in [1.807, 2.05) is 10.6 Å². The minimum Gasteiger partial charge on any atom is -0.508 e. The third-order valence-corrected chi connectivity index (χ3v) is 25.0. The van der Waals surface area contributed by atoms with Crippen molar-refractivity contribution < 1.29 is 107 Å². The van der Waals surface area contributed by atoms with E-state index in [2.05, 4.69) is 100 Å². The summed E-state index contributed by atoms with van der Waals surface area (Å²) in [4.78, 5) is 282. The number of H-pyrrole nitrogens is 5. The summed E-state index contributed by atoms with van der Waals surface area (Å²) in [5.74, 6) is -24.2. The molecule has 15 amide bonds. The number of hydrogen-bond donors (Lipinski definition) is 24. The molecule has 12 atom stereocenters. The van der Waals surface area contributed by atoms with Crippen LogP contribution in [0.2, 0.25) is 0 Å². The number of nitrogens with two attached hydrogens (primary N) is 2. The van der Waals surface area contributed by atoms with Crippen LogP contribution in [0.5, 0.6) is 5.75 Å². The highest BCUT2D eigenvalue weighted by molar-refractivity contribution is 8.76. The van der Waals surface area contributed by atoms with Gasteiger partial charge in [0.15, 0.2) is 0 Å². The van der Waals surface area contributed by atoms with Crippen molar-refractivity contribution in [2.24, 2.45) is 11.5 Å². The largest absolute Gasteiger partial charge is 0.508 e. The number of carboxylic acids is 3. The quantitative estimate of drug-likeness (QED) is 0.0183. The van der Waals surface area contributed by atoms with E-state index < -0.39 is 255 Å². The number of aromatic amines is 5. The molecule has 26 N–H and O–H groups in total. The second kappa shape index (κ2) is 51.9. The highest BCUT2D eigenvalue weighted by atomic mass is 33.1. The molecular formula is C91H112N22O22S2. The van der Waals surface area contributed by atoms with Gasteiger partial charge in [-0.1, -0.05) is 147 Å². The number of nitrogens with zero attached hydrogens (tertiary/aromatic N) is 2. The second-order valence-corrected chi connectivity index (χ2v) is 35.6. The Labute approximate surface area is 791 Å².